The molecule has 1 radical (unpaired) electrons. The molecule has 2 heteroatoms. The first-order valence-electron chi connectivity index (χ1n) is 5.99. The van der Waals surface area contributed by atoms with Gasteiger partial charge in [-0.1, -0.05) is 70.5 Å². The fourth-order valence-corrected chi connectivity index (χ4v) is 1.94. The predicted molar refractivity (Wildman–Crippen MR) is 78.2 cm³/mol. The van der Waals surface area contributed by atoms with Crippen molar-refractivity contribution in [3.05, 3.63) is 64.4 Å². The number of benzene rings is 2. The highest BCUT2D eigenvalue weighted by Crippen LogP contribution is 2.24. The fraction of sp³-hybridized carbons (Fsp3) is 0.133. The fourth-order valence-electron chi connectivity index (χ4n) is 1.70. The second-order valence-electron chi connectivity index (χ2n) is 3.76. The van der Waals surface area contributed by atoms with Crippen molar-refractivity contribution in [2.75, 3.05) is 0 Å². The van der Waals surface area contributed by atoms with Gasteiger partial charge in [0.2, 0.25) is 0 Å². The van der Waals surface area contributed by atoms with Crippen LogP contribution in [0.25, 0.3) is 11.1 Å². The smallest absolute Gasteiger partial charge is 0.104 e. The Morgan fingerprint density at radius 1 is 1.06 bits per heavy atom. The second kappa shape index (κ2) is 6.23. The van der Waals surface area contributed by atoms with Crippen molar-refractivity contribution >= 4 is 27.5 Å². The van der Waals surface area contributed by atoms with Gasteiger partial charge in [-0.15, -0.1) is 11.6 Å². The molecular formula is C15H13BrCl. The zero-order chi connectivity index (χ0) is 13.0. The van der Waals surface area contributed by atoms with E-state index in [1.807, 2.05) is 30.3 Å². The third-order valence-electron chi connectivity index (χ3n) is 2.53. The van der Waals surface area contributed by atoms with Gasteiger partial charge in [0.05, 0.1) is 0 Å². The molecule has 0 nitrogen and oxygen atoms in total. The first-order valence-corrected chi connectivity index (χ1v) is 6.58. The van der Waals surface area contributed by atoms with Crippen molar-refractivity contribution in [2.24, 2.45) is 0 Å². The number of halogens is 2. The van der Waals surface area contributed by atoms with E-state index in [-0.39, 0.29) is 0 Å². The summed E-state index contributed by atoms with van der Waals surface area (Å²) >= 11 is 8.94. The van der Waals surface area contributed by atoms with Gasteiger partial charge in [0.1, 0.15) is 4.29 Å². The summed E-state index contributed by atoms with van der Waals surface area (Å²) in [5.41, 5.74) is 3.48. The van der Waals surface area contributed by atoms with Crippen molar-refractivity contribution in [3.63, 3.8) is 0 Å². The van der Waals surface area contributed by atoms with Crippen LogP contribution in [0.4, 0.5) is 0 Å². The van der Waals surface area contributed by atoms with E-state index in [9.17, 15) is 0 Å². The maximum absolute atomic E-state index is 7.82. The third kappa shape index (κ3) is 3.86. The number of hydrogen-bond acceptors (Lipinski definition) is 0. The van der Waals surface area contributed by atoms with E-state index in [2.05, 4.69) is 40.2 Å². The van der Waals surface area contributed by atoms with E-state index in [4.69, 9.17) is 13.0 Å². The van der Waals surface area contributed by atoms with Crippen LogP contribution in [0, 0.1) is 4.29 Å². The van der Waals surface area contributed by atoms with Crippen LogP contribution in [-0.2, 0) is 6.42 Å². The monoisotopic (exact) mass is 308 g/mol. The molecule has 0 aliphatic carbocycles. The van der Waals surface area contributed by atoms with Gasteiger partial charge in [-0.2, -0.15) is 0 Å². The molecule has 0 aliphatic heterocycles. The van der Waals surface area contributed by atoms with E-state index < -0.39 is 6.40 Å². The van der Waals surface area contributed by atoms with E-state index in [0.717, 1.165) is 5.56 Å². The molecule has 0 bridgehead atoms. The molecule has 17 heavy (non-hydrogen) atoms. The summed E-state index contributed by atoms with van der Waals surface area (Å²) in [5, 5.41) is 0. The Morgan fingerprint density at radius 3 is 2.47 bits per heavy atom. The molecule has 0 saturated carbocycles. The van der Waals surface area contributed by atoms with Crippen molar-refractivity contribution in [1.82, 2.24) is 0 Å². The summed E-state index contributed by atoms with van der Waals surface area (Å²) in [6, 6.07) is 18.5. The summed E-state index contributed by atoms with van der Waals surface area (Å²) in [7, 11) is 0. The highest BCUT2D eigenvalue weighted by atomic mass is 79.9. The first-order chi connectivity index (χ1) is 8.66. The molecule has 0 aliphatic rings. The van der Waals surface area contributed by atoms with Crippen LogP contribution in [0.2, 0.25) is 0 Å². The van der Waals surface area contributed by atoms with Gasteiger partial charge in [-0.3, -0.25) is 0 Å². The lowest BCUT2D eigenvalue weighted by Crippen LogP contribution is -1.87. The zero-order valence-corrected chi connectivity index (χ0v) is 11.6. The lowest BCUT2D eigenvalue weighted by molar-refractivity contribution is 0.972. The topological polar surface area (TPSA) is 0 Å². The number of rotatable bonds is 4. The Hall–Kier alpha value is -0.790. The molecule has 0 heterocycles. The molecule has 1 unspecified atom stereocenters. The molecule has 0 saturated heterocycles. The SMILES string of the molecule is [2H]C(Cc1cccc(-c2ccccc2)c1)[C](Cl)Br. The molecule has 0 spiro atoms. The first kappa shape index (κ1) is 11.3. The summed E-state index contributed by atoms with van der Waals surface area (Å²) in [4.78, 5) is 0. The second-order valence-corrected chi connectivity index (χ2v) is 5.48. The summed E-state index contributed by atoms with van der Waals surface area (Å²) in [6.07, 6.45) is 0.197. The van der Waals surface area contributed by atoms with Crippen LogP contribution < -0.4 is 0 Å². The molecule has 87 valence electrons. The van der Waals surface area contributed by atoms with Crippen molar-refractivity contribution in [1.29, 1.82) is 0 Å². The van der Waals surface area contributed by atoms with Gasteiger partial charge < -0.3 is 0 Å². The lowest BCUT2D eigenvalue weighted by Gasteiger charge is -2.05. The van der Waals surface area contributed by atoms with Crippen molar-refractivity contribution < 1.29 is 1.37 Å². The molecule has 2 aromatic carbocycles. The molecule has 1 atom stereocenters. The van der Waals surface area contributed by atoms with E-state index in [1.54, 1.807) is 0 Å². The molecule has 0 aromatic heterocycles. The van der Waals surface area contributed by atoms with Crippen LogP contribution in [0.5, 0.6) is 0 Å². The maximum Gasteiger partial charge on any atom is 0.128 e. The highest BCUT2D eigenvalue weighted by Gasteiger charge is 2.02. The average molecular weight is 310 g/mol. The number of hydrogen-bond donors (Lipinski definition) is 0. The average Bonchev–Trinajstić information content (AvgIpc) is 2.40. The largest absolute Gasteiger partial charge is 0.128 e. The molecule has 2 aromatic rings. The van der Waals surface area contributed by atoms with Crippen LogP contribution in [0.3, 0.4) is 0 Å². The van der Waals surface area contributed by atoms with Gasteiger partial charge in [0.15, 0.2) is 0 Å². The summed E-state index contributed by atoms with van der Waals surface area (Å²) < 4.78 is 8.27. The van der Waals surface area contributed by atoms with Gasteiger partial charge in [-0.25, -0.2) is 0 Å². The Balaban J connectivity index is 2.21. The predicted octanol–water partition coefficient (Wildman–Crippen LogP) is 5.41. The Bertz CT molecular complexity index is 499. The normalized spacial score (nSPS) is 13.5. The van der Waals surface area contributed by atoms with Crippen LogP contribution >= 0.6 is 27.5 Å². The van der Waals surface area contributed by atoms with Gasteiger partial charge in [0.25, 0.3) is 0 Å². The minimum absolute atomic E-state index is 0.419. The Morgan fingerprint density at radius 2 is 1.76 bits per heavy atom. The summed E-state index contributed by atoms with van der Waals surface area (Å²) in [5.74, 6) is 0. The Kier molecular flexibility index (Phi) is 4.14. The lowest BCUT2D eigenvalue weighted by atomic mass is 10.0. The van der Waals surface area contributed by atoms with E-state index in [1.165, 1.54) is 11.1 Å². The Labute approximate surface area is 117 Å². The molecular weight excluding hydrogens is 296 g/mol. The van der Waals surface area contributed by atoms with Crippen molar-refractivity contribution in [2.45, 2.75) is 12.8 Å². The number of aryl methyl sites for hydroxylation is 1. The van der Waals surface area contributed by atoms with Crippen LogP contribution in [0.15, 0.2) is 54.6 Å². The van der Waals surface area contributed by atoms with Crippen molar-refractivity contribution in [3.8, 4) is 11.1 Å². The molecule has 0 amide bonds. The third-order valence-corrected chi connectivity index (χ3v) is 3.00. The van der Waals surface area contributed by atoms with E-state index >= 15 is 0 Å². The minimum atomic E-state index is -0.419. The van der Waals surface area contributed by atoms with Gasteiger partial charge >= 0.3 is 0 Å². The van der Waals surface area contributed by atoms with Crippen LogP contribution in [0.1, 0.15) is 13.3 Å². The van der Waals surface area contributed by atoms with Gasteiger partial charge in [-0.05, 0) is 29.5 Å². The highest BCUT2D eigenvalue weighted by molar-refractivity contribution is 9.11. The molecule has 0 N–H and O–H groups in total. The van der Waals surface area contributed by atoms with Crippen LogP contribution in [-0.4, -0.2) is 0 Å². The standard InChI is InChI=1S/C15H13BrCl/c16-15(17)10-9-12-5-4-8-14(11-12)13-6-2-1-3-7-13/h1-8,11H,9-10H2/i10D. The quantitative estimate of drug-likeness (QED) is 0.708. The zero-order valence-electron chi connectivity index (χ0n) is 10.2. The minimum Gasteiger partial charge on any atom is -0.104 e. The molecule has 2 rings (SSSR count). The van der Waals surface area contributed by atoms with E-state index in [0.29, 0.717) is 10.7 Å². The maximum atomic E-state index is 7.82. The summed E-state index contributed by atoms with van der Waals surface area (Å²) in [6.45, 7) is 0. The molecule has 0 fully saturated rings. The van der Waals surface area contributed by atoms with Gasteiger partial charge in [0, 0.05) is 1.37 Å².